The Hall–Kier alpha value is 0.701. The molecule has 0 atom stereocenters. The fraction of sp³-hybridized carbons (Fsp3) is 0.400. The van der Waals surface area contributed by atoms with Gasteiger partial charge in [-0.2, -0.15) is 0 Å². The smallest absolute Gasteiger partial charge is 0.462 e. The Bertz CT molecular complexity index is 169. The van der Waals surface area contributed by atoms with Crippen LogP contribution in [0.4, 0.5) is 12.9 Å². The number of carbonyl (C=O) groups is 1. The van der Waals surface area contributed by atoms with E-state index in [1.54, 1.807) is 0 Å². The van der Waals surface area contributed by atoms with Crippen molar-refractivity contribution in [1.29, 1.82) is 0 Å². The van der Waals surface area contributed by atoms with Crippen LogP contribution in [0.2, 0.25) is 0 Å². The second-order valence-corrected chi connectivity index (χ2v) is 1.86. The first-order valence-electron chi connectivity index (χ1n) is 2.93. The Morgan fingerprint density at radius 3 is 2.33 bits per heavy atom. The van der Waals surface area contributed by atoms with Crippen molar-refractivity contribution >= 4 is 12.9 Å². The number of hydrogen-bond acceptors (Lipinski definition) is 2. The second-order valence-electron chi connectivity index (χ2n) is 1.86. The Morgan fingerprint density at radius 1 is 1.50 bits per heavy atom. The summed E-state index contributed by atoms with van der Waals surface area (Å²) in [7, 11) is 0. The molecule has 0 aromatic carbocycles. The molecule has 0 aliphatic heterocycles. The molecule has 7 heteroatoms. The van der Waals surface area contributed by atoms with Gasteiger partial charge < -0.3 is 17.7 Å². The summed E-state index contributed by atoms with van der Waals surface area (Å²) in [6.45, 7) is -4.10. The van der Waals surface area contributed by atoms with E-state index in [0.717, 1.165) is 13.0 Å². The van der Waals surface area contributed by atoms with Gasteiger partial charge in [0, 0.05) is 6.92 Å². The van der Waals surface area contributed by atoms with Crippen molar-refractivity contribution in [3.8, 4) is 0 Å². The summed E-state index contributed by atoms with van der Waals surface area (Å²) in [5.41, 5.74) is 0. The molecule has 0 bridgehead atoms. The van der Waals surface area contributed by atoms with E-state index in [1.807, 2.05) is 0 Å². The van der Waals surface area contributed by atoms with Gasteiger partial charge in [0.05, 0.1) is 0 Å². The quantitative estimate of drug-likeness (QED) is 0.414. The van der Waals surface area contributed by atoms with Crippen molar-refractivity contribution in [2.75, 3.05) is 6.61 Å². The van der Waals surface area contributed by atoms with Crippen LogP contribution in [0, 0.1) is 0 Å². The van der Waals surface area contributed by atoms with E-state index in [1.165, 1.54) is 0 Å². The molecule has 0 heterocycles. The predicted molar refractivity (Wildman–Crippen MR) is 34.9 cm³/mol. The van der Waals surface area contributed by atoms with Crippen LogP contribution in [0.1, 0.15) is 6.92 Å². The molecule has 64 valence electrons. The van der Waals surface area contributed by atoms with Gasteiger partial charge in [-0.15, -0.1) is 5.98 Å². The molecule has 0 radical (unpaired) electrons. The topological polar surface area (TPSA) is 26.3 Å². The van der Waals surface area contributed by atoms with Crippen LogP contribution < -0.4 is 51.4 Å². The van der Waals surface area contributed by atoms with Gasteiger partial charge >= 0.3 is 64.3 Å². The number of carbonyl (C=O) groups excluding carboxylic acids is 1. The average Bonchev–Trinajstić information content (AvgIpc) is 1.78. The van der Waals surface area contributed by atoms with E-state index in [2.05, 4.69) is 4.74 Å². The molecule has 0 fully saturated rings. The van der Waals surface area contributed by atoms with Gasteiger partial charge in [-0.1, -0.05) is 6.08 Å². The number of rotatable bonds is 3. The van der Waals surface area contributed by atoms with Crippen LogP contribution in [0.3, 0.4) is 0 Å². The normalized spacial score (nSPS) is 11.0. The van der Waals surface area contributed by atoms with Gasteiger partial charge in [0.25, 0.3) is 0 Å². The number of esters is 1. The third-order valence-electron chi connectivity index (χ3n) is 0.737. The van der Waals surface area contributed by atoms with E-state index in [-0.39, 0.29) is 64.0 Å². The summed E-state index contributed by atoms with van der Waals surface area (Å²) in [5.74, 6) is -0.507. The maximum Gasteiger partial charge on any atom is 1.00 e. The summed E-state index contributed by atoms with van der Waals surface area (Å²) in [6, 6.07) is 0. The number of halogens is 3. The maximum atomic E-state index is 11.4. The van der Waals surface area contributed by atoms with Crippen LogP contribution in [-0.4, -0.2) is 19.6 Å². The summed E-state index contributed by atoms with van der Waals surface area (Å²) in [4.78, 5) is 10.0. The van der Waals surface area contributed by atoms with Crippen LogP contribution in [0.25, 0.3) is 0 Å². The number of ether oxygens (including phenoxy) is 1. The Kier molecular flexibility index (Phi) is 9.03. The Morgan fingerprint density at radius 2 is 2.00 bits per heavy atom. The SMILES string of the molecule is CC(=O)OC/C=C/[B-](F)(F)F.[K+]. The molecule has 2 nitrogen and oxygen atoms in total. The van der Waals surface area contributed by atoms with Gasteiger partial charge in [-0.05, 0) is 0 Å². The monoisotopic (exact) mass is 206 g/mol. The van der Waals surface area contributed by atoms with E-state index < -0.39 is 12.9 Å². The van der Waals surface area contributed by atoms with E-state index in [4.69, 9.17) is 0 Å². The van der Waals surface area contributed by atoms with E-state index in [9.17, 15) is 17.7 Å². The Labute approximate surface area is 111 Å². The molecule has 0 spiro atoms. The summed E-state index contributed by atoms with van der Waals surface area (Å²) < 4.78 is 38.5. The molecule has 0 unspecified atom stereocenters. The summed E-state index contributed by atoms with van der Waals surface area (Å²) >= 11 is 0. The van der Waals surface area contributed by atoms with Crippen molar-refractivity contribution in [3.05, 3.63) is 12.1 Å². The zero-order chi connectivity index (χ0) is 8.91. The first-order valence-corrected chi connectivity index (χ1v) is 2.93. The minimum absolute atomic E-state index is 0. The standard InChI is InChI=1S/C5H7BF3O2.K/c1-5(10)11-4-2-3-6(7,8)9;/h2-3H,4H2,1H3;/q-1;+1/b3-2+;. The largest absolute Gasteiger partial charge is 1.00 e. The van der Waals surface area contributed by atoms with Crippen LogP contribution in [0.15, 0.2) is 12.1 Å². The van der Waals surface area contributed by atoms with Crippen LogP contribution in [0.5, 0.6) is 0 Å². The molecule has 0 saturated heterocycles. The van der Waals surface area contributed by atoms with Crippen LogP contribution >= 0.6 is 0 Å². The van der Waals surface area contributed by atoms with E-state index >= 15 is 0 Å². The third-order valence-corrected chi connectivity index (χ3v) is 0.737. The molecule has 0 aromatic rings. The number of hydrogen-bond donors (Lipinski definition) is 0. The Balaban J connectivity index is 0. The van der Waals surface area contributed by atoms with Crippen molar-refractivity contribution < 1.29 is 73.9 Å². The molecule has 0 rings (SSSR count). The first-order chi connectivity index (χ1) is 4.92. The molecular formula is C5H7BF3KO2. The maximum absolute atomic E-state index is 11.4. The fourth-order valence-corrected chi connectivity index (χ4v) is 0.375. The van der Waals surface area contributed by atoms with Crippen molar-refractivity contribution in [1.82, 2.24) is 0 Å². The molecule has 0 aromatic heterocycles. The molecule has 0 amide bonds. The summed E-state index contributed by atoms with van der Waals surface area (Å²) in [6.07, 6.45) is 0.765. The van der Waals surface area contributed by atoms with E-state index in [0.29, 0.717) is 0 Å². The molecule has 0 N–H and O–H groups in total. The average molecular weight is 206 g/mol. The van der Waals surface area contributed by atoms with Crippen LogP contribution in [-0.2, 0) is 9.53 Å². The minimum atomic E-state index is -4.90. The van der Waals surface area contributed by atoms with Gasteiger partial charge in [0.2, 0.25) is 0 Å². The molecule has 12 heavy (non-hydrogen) atoms. The van der Waals surface area contributed by atoms with Gasteiger partial charge in [-0.3, -0.25) is 4.79 Å². The molecular weight excluding hydrogens is 199 g/mol. The van der Waals surface area contributed by atoms with Crippen molar-refractivity contribution in [2.45, 2.75) is 6.92 Å². The second kappa shape index (κ2) is 7.14. The molecule has 0 aliphatic carbocycles. The third kappa shape index (κ3) is 13.3. The van der Waals surface area contributed by atoms with Gasteiger partial charge in [0.1, 0.15) is 6.61 Å². The van der Waals surface area contributed by atoms with Gasteiger partial charge in [0.15, 0.2) is 0 Å². The minimum Gasteiger partial charge on any atom is -0.462 e. The van der Waals surface area contributed by atoms with Crippen molar-refractivity contribution in [2.24, 2.45) is 0 Å². The summed E-state index contributed by atoms with van der Waals surface area (Å²) in [5, 5.41) is 0. The predicted octanol–water partition coefficient (Wildman–Crippen LogP) is -1.50. The fourth-order valence-electron chi connectivity index (χ4n) is 0.375. The zero-order valence-corrected chi connectivity index (χ0v) is 10.0. The van der Waals surface area contributed by atoms with Crippen molar-refractivity contribution in [3.63, 3.8) is 0 Å². The first kappa shape index (κ1) is 15.2. The van der Waals surface area contributed by atoms with Gasteiger partial charge in [-0.25, -0.2) is 0 Å². The molecule has 0 aliphatic rings. The zero-order valence-electron chi connectivity index (χ0n) is 6.89. The molecule has 0 saturated carbocycles.